The van der Waals surface area contributed by atoms with Crippen LogP contribution in [-0.2, 0) is 0 Å². The van der Waals surface area contributed by atoms with Crippen molar-refractivity contribution in [1.29, 1.82) is 0 Å². The van der Waals surface area contributed by atoms with Crippen molar-refractivity contribution in [2.24, 2.45) is 0 Å². The normalized spacial score (nSPS) is 10.3. The van der Waals surface area contributed by atoms with Gasteiger partial charge in [0.1, 0.15) is 5.75 Å². The van der Waals surface area contributed by atoms with Crippen LogP contribution in [0.5, 0.6) is 5.75 Å². The molecule has 0 atom stereocenters. The summed E-state index contributed by atoms with van der Waals surface area (Å²) < 4.78 is 5.93. The van der Waals surface area contributed by atoms with Crippen molar-refractivity contribution < 1.29 is 9.53 Å². The van der Waals surface area contributed by atoms with E-state index in [1.54, 1.807) is 25.3 Å². The first-order valence-electron chi connectivity index (χ1n) is 6.65. The highest BCUT2D eigenvalue weighted by Crippen LogP contribution is 2.27. The molecule has 0 aromatic heterocycles. The van der Waals surface area contributed by atoms with Crippen molar-refractivity contribution in [2.45, 2.75) is 20.8 Å². The zero-order valence-corrected chi connectivity index (χ0v) is 14.2. The van der Waals surface area contributed by atoms with Gasteiger partial charge in [-0.15, -0.1) is 0 Å². The highest BCUT2D eigenvalue weighted by Gasteiger charge is 2.12. The number of carbonyl (C=O) groups is 1. The van der Waals surface area contributed by atoms with E-state index in [4.69, 9.17) is 4.74 Å². The van der Waals surface area contributed by atoms with Gasteiger partial charge < -0.3 is 10.1 Å². The molecule has 0 saturated carbocycles. The van der Waals surface area contributed by atoms with Gasteiger partial charge in [0.15, 0.2) is 0 Å². The molecule has 0 aliphatic rings. The molecule has 0 aliphatic carbocycles. The fourth-order valence-corrected chi connectivity index (χ4v) is 2.91. The number of anilines is 1. The van der Waals surface area contributed by atoms with E-state index in [0.717, 1.165) is 21.3 Å². The van der Waals surface area contributed by atoms with Gasteiger partial charge in [-0.2, -0.15) is 0 Å². The summed E-state index contributed by atoms with van der Waals surface area (Å²) in [5, 5.41) is 2.99. The van der Waals surface area contributed by atoms with Crippen molar-refractivity contribution in [3.05, 3.63) is 57.1 Å². The van der Waals surface area contributed by atoms with E-state index in [2.05, 4.69) is 33.4 Å². The first-order valence-corrected chi connectivity index (χ1v) is 7.44. The summed E-state index contributed by atoms with van der Waals surface area (Å²) in [6.45, 7) is 6.05. The second-order valence-electron chi connectivity index (χ2n) is 5.08. The van der Waals surface area contributed by atoms with Crippen LogP contribution in [0.25, 0.3) is 0 Å². The third-order valence-corrected chi connectivity index (χ3v) is 3.95. The number of hydrogen-bond acceptors (Lipinski definition) is 2. The molecule has 0 fully saturated rings. The number of hydrogen-bond donors (Lipinski definition) is 1. The van der Waals surface area contributed by atoms with Crippen LogP contribution in [0.2, 0.25) is 0 Å². The van der Waals surface area contributed by atoms with Crippen molar-refractivity contribution in [2.75, 3.05) is 12.4 Å². The molecule has 3 nitrogen and oxygen atoms in total. The zero-order chi connectivity index (χ0) is 15.6. The van der Waals surface area contributed by atoms with Crippen LogP contribution in [0.15, 0.2) is 34.8 Å². The number of rotatable bonds is 3. The Kier molecular flexibility index (Phi) is 4.68. The number of carbonyl (C=O) groups excluding carboxylic acids is 1. The molecular weight excluding hydrogens is 330 g/mol. The minimum absolute atomic E-state index is 0.131. The van der Waals surface area contributed by atoms with E-state index >= 15 is 0 Å². The van der Waals surface area contributed by atoms with Crippen LogP contribution in [0.1, 0.15) is 27.0 Å². The van der Waals surface area contributed by atoms with Gasteiger partial charge in [-0.3, -0.25) is 4.79 Å². The van der Waals surface area contributed by atoms with E-state index in [9.17, 15) is 4.79 Å². The molecule has 2 aromatic carbocycles. The Morgan fingerprint density at radius 1 is 1.10 bits per heavy atom. The molecule has 1 amide bonds. The average Bonchev–Trinajstić information content (AvgIpc) is 2.42. The van der Waals surface area contributed by atoms with Crippen LogP contribution in [0.3, 0.4) is 0 Å². The van der Waals surface area contributed by atoms with E-state index in [1.165, 1.54) is 5.56 Å². The van der Waals surface area contributed by atoms with E-state index in [0.29, 0.717) is 11.3 Å². The smallest absolute Gasteiger partial charge is 0.255 e. The Bertz CT molecular complexity index is 672. The molecule has 0 saturated heterocycles. The van der Waals surface area contributed by atoms with E-state index < -0.39 is 0 Å². The number of aryl methyl sites for hydroxylation is 3. The third kappa shape index (κ3) is 3.45. The third-order valence-electron chi connectivity index (χ3n) is 3.33. The molecule has 0 aliphatic heterocycles. The largest absolute Gasteiger partial charge is 0.496 e. The molecule has 2 rings (SSSR count). The van der Waals surface area contributed by atoms with Gasteiger partial charge in [0, 0.05) is 11.3 Å². The Morgan fingerprint density at radius 2 is 1.71 bits per heavy atom. The van der Waals surface area contributed by atoms with Gasteiger partial charge in [-0.05, 0) is 66.0 Å². The number of amides is 1. The SMILES string of the molecule is COc1ccc(C(=O)Nc2c(C)cc(C)cc2C)cc1Br. The highest BCUT2D eigenvalue weighted by atomic mass is 79.9. The number of nitrogens with one attached hydrogen (secondary N) is 1. The van der Waals surface area contributed by atoms with Gasteiger partial charge in [0.05, 0.1) is 11.6 Å². The lowest BCUT2D eigenvalue weighted by Gasteiger charge is -2.13. The predicted octanol–water partition coefficient (Wildman–Crippen LogP) is 4.64. The average molecular weight is 348 g/mol. The molecule has 2 aromatic rings. The lowest BCUT2D eigenvalue weighted by atomic mass is 10.0. The Labute approximate surface area is 133 Å². The first kappa shape index (κ1) is 15.6. The monoisotopic (exact) mass is 347 g/mol. The second kappa shape index (κ2) is 6.31. The molecule has 0 bridgehead atoms. The summed E-state index contributed by atoms with van der Waals surface area (Å²) in [5.74, 6) is 0.572. The number of ether oxygens (including phenoxy) is 1. The summed E-state index contributed by atoms with van der Waals surface area (Å²) in [7, 11) is 1.60. The molecule has 110 valence electrons. The second-order valence-corrected chi connectivity index (χ2v) is 5.93. The van der Waals surface area contributed by atoms with Crippen molar-refractivity contribution in [3.8, 4) is 5.75 Å². The van der Waals surface area contributed by atoms with Crippen molar-refractivity contribution in [1.82, 2.24) is 0 Å². The number of methoxy groups -OCH3 is 1. The molecule has 4 heteroatoms. The van der Waals surface area contributed by atoms with Gasteiger partial charge in [0.2, 0.25) is 0 Å². The quantitative estimate of drug-likeness (QED) is 0.878. The van der Waals surface area contributed by atoms with Crippen LogP contribution < -0.4 is 10.1 Å². The molecule has 1 N–H and O–H groups in total. The molecule has 0 spiro atoms. The van der Waals surface area contributed by atoms with E-state index in [1.807, 2.05) is 20.8 Å². The molecule has 0 radical (unpaired) electrons. The van der Waals surface area contributed by atoms with Gasteiger partial charge in [0.25, 0.3) is 5.91 Å². The minimum Gasteiger partial charge on any atom is -0.496 e. The van der Waals surface area contributed by atoms with Gasteiger partial charge in [-0.1, -0.05) is 17.7 Å². The summed E-state index contributed by atoms with van der Waals surface area (Å²) >= 11 is 3.39. The maximum absolute atomic E-state index is 12.4. The molecular formula is C17H18BrNO2. The number of halogens is 1. The van der Waals surface area contributed by atoms with Gasteiger partial charge in [-0.25, -0.2) is 0 Å². The lowest BCUT2D eigenvalue weighted by Crippen LogP contribution is -2.14. The van der Waals surface area contributed by atoms with Crippen LogP contribution >= 0.6 is 15.9 Å². The zero-order valence-electron chi connectivity index (χ0n) is 12.6. The molecule has 0 heterocycles. The van der Waals surface area contributed by atoms with Crippen LogP contribution in [0.4, 0.5) is 5.69 Å². The molecule has 21 heavy (non-hydrogen) atoms. The lowest BCUT2D eigenvalue weighted by molar-refractivity contribution is 0.102. The summed E-state index contributed by atoms with van der Waals surface area (Å²) in [4.78, 5) is 12.4. The fraction of sp³-hybridized carbons (Fsp3) is 0.235. The summed E-state index contributed by atoms with van der Waals surface area (Å²) in [5.41, 5.74) is 4.77. The number of benzene rings is 2. The maximum Gasteiger partial charge on any atom is 0.255 e. The van der Waals surface area contributed by atoms with Gasteiger partial charge >= 0.3 is 0 Å². The van der Waals surface area contributed by atoms with Crippen molar-refractivity contribution in [3.63, 3.8) is 0 Å². The maximum atomic E-state index is 12.4. The molecule has 0 unspecified atom stereocenters. The van der Waals surface area contributed by atoms with Crippen LogP contribution in [0, 0.1) is 20.8 Å². The first-order chi connectivity index (χ1) is 9.92. The highest BCUT2D eigenvalue weighted by molar-refractivity contribution is 9.10. The summed E-state index contributed by atoms with van der Waals surface area (Å²) in [6, 6.07) is 9.40. The van der Waals surface area contributed by atoms with Crippen molar-refractivity contribution >= 4 is 27.5 Å². The Balaban J connectivity index is 2.28. The fourth-order valence-electron chi connectivity index (χ4n) is 2.37. The minimum atomic E-state index is -0.131. The Hall–Kier alpha value is -1.81. The Morgan fingerprint density at radius 3 is 2.24 bits per heavy atom. The summed E-state index contributed by atoms with van der Waals surface area (Å²) in [6.07, 6.45) is 0. The predicted molar refractivity (Wildman–Crippen MR) is 89.3 cm³/mol. The standard InChI is InChI=1S/C17H18BrNO2/c1-10-7-11(2)16(12(3)8-10)19-17(20)13-5-6-15(21-4)14(18)9-13/h5-9H,1-4H3,(H,19,20). The van der Waals surface area contributed by atoms with Crippen LogP contribution in [-0.4, -0.2) is 13.0 Å². The van der Waals surface area contributed by atoms with E-state index in [-0.39, 0.29) is 5.91 Å². The topological polar surface area (TPSA) is 38.3 Å².